The Bertz CT molecular complexity index is 130. The van der Waals surface area contributed by atoms with Crippen molar-refractivity contribution in [2.45, 2.75) is 6.92 Å². The molecule has 1 rings (SSSR count). The van der Waals surface area contributed by atoms with Crippen molar-refractivity contribution in [3.8, 4) is 0 Å². The van der Waals surface area contributed by atoms with E-state index >= 15 is 0 Å². The van der Waals surface area contributed by atoms with Crippen LogP contribution in [0.15, 0.2) is 30.3 Å². The predicted molar refractivity (Wildman–Crippen MR) is 31.2 cm³/mol. The number of hydrogen-bond donors (Lipinski definition) is 0. The maximum Gasteiger partial charge on any atom is -0.0398 e. The lowest BCUT2D eigenvalue weighted by Gasteiger charge is -1.82. The van der Waals surface area contributed by atoms with Crippen LogP contribution in [0.3, 0.4) is 0 Å². The van der Waals surface area contributed by atoms with E-state index in [2.05, 4.69) is 19.1 Å². The molecular weight excluding hydrogens is 85.1 g/mol. The minimum atomic E-state index is 1.32. The molecule has 0 saturated heterocycles. The summed E-state index contributed by atoms with van der Waals surface area (Å²) in [5.41, 5.74) is 1.32. The molecule has 0 spiro atoms. The maximum atomic E-state index is 2.08. The second-order valence-corrected chi connectivity index (χ2v) is 1.65. The Morgan fingerprint density at radius 2 is 1.57 bits per heavy atom. The summed E-state index contributed by atoms with van der Waals surface area (Å²) in [6.45, 7) is 2.08. The first-order valence-electron chi connectivity index (χ1n) is 2.41. The molecule has 0 heterocycles. The van der Waals surface area contributed by atoms with Gasteiger partial charge >= 0.3 is 0 Å². The van der Waals surface area contributed by atoms with Gasteiger partial charge in [-0.3, -0.25) is 0 Å². The van der Waals surface area contributed by atoms with Crippen LogP contribution in [-0.4, -0.2) is 0 Å². The third-order valence-corrected chi connectivity index (χ3v) is 0.940. The number of aryl methyl sites for hydroxylation is 1. The van der Waals surface area contributed by atoms with Crippen molar-refractivity contribution < 1.29 is 0 Å². The maximum absolute atomic E-state index is 2.08. The highest BCUT2D eigenvalue weighted by Crippen LogP contribution is 1.92. The molecule has 0 bridgehead atoms. The van der Waals surface area contributed by atoms with E-state index in [0.29, 0.717) is 0 Å². The van der Waals surface area contributed by atoms with Crippen LogP contribution < -0.4 is 0 Å². The Morgan fingerprint density at radius 3 is 1.86 bits per heavy atom. The standard InChI is InChI=1S/C7H8/c1-7-5-3-2-4-6-7/h2-6H,1H3/i1+1. The number of hydrogen-bond acceptors (Lipinski definition) is 0. The smallest absolute Gasteiger partial charge is 0.0398 e. The van der Waals surface area contributed by atoms with E-state index in [1.54, 1.807) is 0 Å². The SMILES string of the molecule is [13CH3]c1ccccc1. The van der Waals surface area contributed by atoms with Crippen LogP contribution >= 0.6 is 0 Å². The van der Waals surface area contributed by atoms with Crippen molar-refractivity contribution in [2.24, 2.45) is 0 Å². The Morgan fingerprint density at radius 1 is 1.00 bits per heavy atom. The van der Waals surface area contributed by atoms with Gasteiger partial charge in [0, 0.05) is 0 Å². The zero-order valence-electron chi connectivity index (χ0n) is 4.39. The van der Waals surface area contributed by atoms with Crippen LogP contribution in [0.1, 0.15) is 5.56 Å². The summed E-state index contributed by atoms with van der Waals surface area (Å²) in [5, 5.41) is 0. The Labute approximate surface area is 43.8 Å². The summed E-state index contributed by atoms with van der Waals surface area (Å²) in [6.07, 6.45) is 0. The second kappa shape index (κ2) is 1.78. The highest BCUT2D eigenvalue weighted by Gasteiger charge is 1.72. The lowest BCUT2D eigenvalue weighted by atomic mass is 10.3. The molecule has 0 nitrogen and oxygen atoms in total. The summed E-state index contributed by atoms with van der Waals surface area (Å²) >= 11 is 0. The quantitative estimate of drug-likeness (QED) is 0.430. The molecule has 0 aliphatic rings. The van der Waals surface area contributed by atoms with Gasteiger partial charge in [0.05, 0.1) is 0 Å². The highest BCUT2D eigenvalue weighted by atomic mass is 14.0. The minimum Gasteiger partial charge on any atom is -0.0622 e. The van der Waals surface area contributed by atoms with Crippen LogP contribution in [0.5, 0.6) is 0 Å². The van der Waals surface area contributed by atoms with Gasteiger partial charge in [0.2, 0.25) is 0 Å². The van der Waals surface area contributed by atoms with Crippen LogP contribution in [0, 0.1) is 6.92 Å². The first-order valence-corrected chi connectivity index (χ1v) is 2.41. The van der Waals surface area contributed by atoms with E-state index in [-0.39, 0.29) is 0 Å². The molecule has 0 radical (unpaired) electrons. The third-order valence-electron chi connectivity index (χ3n) is 0.940. The number of benzene rings is 1. The molecule has 1 aromatic carbocycles. The van der Waals surface area contributed by atoms with Gasteiger partial charge in [-0.25, -0.2) is 0 Å². The van der Waals surface area contributed by atoms with E-state index in [1.807, 2.05) is 18.2 Å². The lowest BCUT2D eigenvalue weighted by molar-refractivity contribution is 1.48. The van der Waals surface area contributed by atoms with Crippen molar-refractivity contribution in [2.75, 3.05) is 0 Å². The van der Waals surface area contributed by atoms with Crippen LogP contribution in [0.4, 0.5) is 0 Å². The Balaban J connectivity index is 3.02. The molecular formula is C7H8. The van der Waals surface area contributed by atoms with Crippen molar-refractivity contribution >= 4 is 0 Å². The third kappa shape index (κ3) is 1.04. The molecule has 0 aliphatic heterocycles. The van der Waals surface area contributed by atoms with Gasteiger partial charge in [-0.15, -0.1) is 0 Å². The zero-order valence-corrected chi connectivity index (χ0v) is 4.39. The van der Waals surface area contributed by atoms with Gasteiger partial charge in [-0.1, -0.05) is 35.9 Å². The normalized spacial score (nSPS) is 8.71. The number of rotatable bonds is 0. The first kappa shape index (κ1) is 4.38. The van der Waals surface area contributed by atoms with E-state index in [1.165, 1.54) is 5.56 Å². The molecule has 0 aromatic heterocycles. The van der Waals surface area contributed by atoms with E-state index in [4.69, 9.17) is 0 Å². The highest BCUT2D eigenvalue weighted by molar-refractivity contribution is 5.11. The van der Waals surface area contributed by atoms with Gasteiger partial charge in [0.15, 0.2) is 0 Å². The summed E-state index contributed by atoms with van der Waals surface area (Å²) in [5.74, 6) is 0. The average Bonchev–Trinajstić information content (AvgIpc) is 1.69. The van der Waals surface area contributed by atoms with Crippen molar-refractivity contribution in [3.05, 3.63) is 35.9 Å². The average molecular weight is 93.1 g/mol. The molecule has 36 valence electrons. The van der Waals surface area contributed by atoms with Crippen LogP contribution in [-0.2, 0) is 0 Å². The van der Waals surface area contributed by atoms with Crippen molar-refractivity contribution in [1.82, 2.24) is 0 Å². The van der Waals surface area contributed by atoms with Crippen LogP contribution in [0.2, 0.25) is 0 Å². The molecule has 1 aromatic rings. The first-order chi connectivity index (χ1) is 3.39. The summed E-state index contributed by atoms with van der Waals surface area (Å²) < 4.78 is 0. The van der Waals surface area contributed by atoms with Gasteiger partial charge < -0.3 is 0 Å². The van der Waals surface area contributed by atoms with E-state index < -0.39 is 0 Å². The largest absolute Gasteiger partial charge is 0.0622 e. The zero-order chi connectivity index (χ0) is 5.11. The van der Waals surface area contributed by atoms with Gasteiger partial charge in [-0.2, -0.15) is 0 Å². The molecule has 0 atom stereocenters. The van der Waals surface area contributed by atoms with Crippen molar-refractivity contribution in [3.63, 3.8) is 0 Å². The summed E-state index contributed by atoms with van der Waals surface area (Å²) in [6, 6.07) is 10.3. The fraction of sp³-hybridized carbons (Fsp3) is 0.143. The summed E-state index contributed by atoms with van der Waals surface area (Å²) in [7, 11) is 0. The molecule has 0 heteroatoms. The predicted octanol–water partition coefficient (Wildman–Crippen LogP) is 2.00. The van der Waals surface area contributed by atoms with Gasteiger partial charge in [0.25, 0.3) is 0 Å². The monoisotopic (exact) mass is 93.1 g/mol. The molecule has 0 aliphatic carbocycles. The minimum absolute atomic E-state index is 1.32. The van der Waals surface area contributed by atoms with Gasteiger partial charge in [0.1, 0.15) is 0 Å². The van der Waals surface area contributed by atoms with Crippen LogP contribution in [0.25, 0.3) is 0 Å². The molecule has 0 fully saturated rings. The molecule has 0 saturated carbocycles. The fourth-order valence-corrected chi connectivity index (χ4v) is 0.534. The molecule has 0 amide bonds. The second-order valence-electron chi connectivity index (χ2n) is 1.65. The summed E-state index contributed by atoms with van der Waals surface area (Å²) in [4.78, 5) is 0. The Kier molecular flexibility index (Phi) is 1.12. The van der Waals surface area contributed by atoms with E-state index in [0.717, 1.165) is 0 Å². The molecule has 7 heavy (non-hydrogen) atoms. The van der Waals surface area contributed by atoms with Crippen molar-refractivity contribution in [1.29, 1.82) is 0 Å². The van der Waals surface area contributed by atoms with E-state index in [9.17, 15) is 0 Å². The molecule has 0 unspecified atom stereocenters. The topological polar surface area (TPSA) is 0 Å². The van der Waals surface area contributed by atoms with Gasteiger partial charge in [-0.05, 0) is 6.92 Å². The molecule has 0 N–H and O–H groups in total. The Hall–Kier alpha value is -0.780. The fourth-order valence-electron chi connectivity index (χ4n) is 0.534. The lowest BCUT2D eigenvalue weighted by Crippen LogP contribution is -1.62.